The molecular formula is C8H9N3O. The maximum atomic E-state index is 9.75. The van der Waals surface area contributed by atoms with E-state index in [1.54, 1.807) is 12.4 Å². The summed E-state index contributed by atoms with van der Waals surface area (Å²) in [6.07, 6.45) is 5.40. The molecule has 1 aromatic heterocycles. The number of aromatic nitrogens is 2. The number of carbonyl (C=O) groups excluding carboxylic acids is 1. The highest BCUT2D eigenvalue weighted by molar-refractivity contribution is 5.32. The molecule has 0 N–H and O–H groups in total. The summed E-state index contributed by atoms with van der Waals surface area (Å²) in [6.45, 7) is 2.32. The first-order valence-electron chi connectivity index (χ1n) is 3.64. The Morgan fingerprint density at radius 1 is 1.50 bits per heavy atom. The zero-order valence-electron chi connectivity index (χ0n) is 6.82. The van der Waals surface area contributed by atoms with Gasteiger partial charge in [0.05, 0.1) is 17.9 Å². The van der Waals surface area contributed by atoms with Crippen molar-refractivity contribution in [3.05, 3.63) is 23.8 Å². The molecule has 62 valence electrons. The van der Waals surface area contributed by atoms with Crippen molar-refractivity contribution >= 4 is 6.08 Å². The lowest BCUT2D eigenvalue weighted by molar-refractivity contribution is 0.563. The van der Waals surface area contributed by atoms with Crippen molar-refractivity contribution in [3.8, 4) is 0 Å². The van der Waals surface area contributed by atoms with Crippen LogP contribution in [0.2, 0.25) is 0 Å². The zero-order chi connectivity index (χ0) is 8.81. The van der Waals surface area contributed by atoms with Gasteiger partial charge in [-0.2, -0.15) is 0 Å². The zero-order valence-corrected chi connectivity index (χ0v) is 6.82. The van der Waals surface area contributed by atoms with E-state index in [0.717, 1.165) is 11.4 Å². The fourth-order valence-corrected chi connectivity index (χ4v) is 0.889. The maximum absolute atomic E-state index is 9.75. The van der Waals surface area contributed by atoms with E-state index in [9.17, 15) is 4.79 Å². The average Bonchev–Trinajstić information content (AvgIpc) is 2.09. The second-order valence-corrected chi connectivity index (χ2v) is 2.31. The molecule has 0 atom stereocenters. The number of aryl methyl sites for hydroxylation is 1. The van der Waals surface area contributed by atoms with Crippen molar-refractivity contribution in [1.82, 2.24) is 9.97 Å². The molecule has 4 nitrogen and oxygen atoms in total. The van der Waals surface area contributed by atoms with E-state index in [4.69, 9.17) is 0 Å². The molecule has 0 fully saturated rings. The molecule has 0 unspecified atom stereocenters. The van der Waals surface area contributed by atoms with Crippen molar-refractivity contribution < 1.29 is 4.79 Å². The van der Waals surface area contributed by atoms with Gasteiger partial charge in [0.25, 0.3) is 0 Å². The summed E-state index contributed by atoms with van der Waals surface area (Å²) in [4.78, 5) is 21.3. The number of rotatable bonds is 3. The van der Waals surface area contributed by atoms with Crippen LogP contribution >= 0.6 is 0 Å². The SMILES string of the molecule is Cc1nccnc1CCN=C=O. The van der Waals surface area contributed by atoms with Crippen molar-refractivity contribution in [2.45, 2.75) is 13.3 Å². The lowest BCUT2D eigenvalue weighted by Gasteiger charge is -1.98. The van der Waals surface area contributed by atoms with Gasteiger partial charge in [-0.15, -0.1) is 0 Å². The molecule has 1 heterocycles. The third-order valence-corrected chi connectivity index (χ3v) is 1.51. The molecule has 1 aromatic rings. The van der Waals surface area contributed by atoms with E-state index in [-0.39, 0.29) is 0 Å². The normalized spacial score (nSPS) is 9.08. The Morgan fingerprint density at radius 3 is 2.92 bits per heavy atom. The number of nitrogens with zero attached hydrogens (tertiary/aromatic N) is 3. The Kier molecular flexibility index (Phi) is 3.11. The lowest BCUT2D eigenvalue weighted by Crippen LogP contribution is -1.98. The van der Waals surface area contributed by atoms with Crippen molar-refractivity contribution in [3.63, 3.8) is 0 Å². The molecule has 0 aliphatic heterocycles. The molecule has 0 amide bonds. The smallest absolute Gasteiger partial charge is 0.234 e. The third kappa shape index (κ3) is 2.25. The second kappa shape index (κ2) is 4.36. The van der Waals surface area contributed by atoms with Gasteiger partial charge in [0.2, 0.25) is 6.08 Å². The van der Waals surface area contributed by atoms with Crippen molar-refractivity contribution in [1.29, 1.82) is 0 Å². The Bertz CT molecular complexity index is 305. The van der Waals surface area contributed by atoms with Gasteiger partial charge in [0.15, 0.2) is 0 Å². The number of hydrogen-bond donors (Lipinski definition) is 0. The fourth-order valence-electron chi connectivity index (χ4n) is 0.889. The molecule has 0 aromatic carbocycles. The first kappa shape index (κ1) is 8.56. The van der Waals surface area contributed by atoms with Crippen LogP contribution in [-0.4, -0.2) is 22.6 Å². The summed E-state index contributed by atoms with van der Waals surface area (Å²) in [5.41, 5.74) is 1.77. The summed E-state index contributed by atoms with van der Waals surface area (Å²) >= 11 is 0. The summed E-state index contributed by atoms with van der Waals surface area (Å²) in [5, 5.41) is 0. The highest BCUT2D eigenvalue weighted by Crippen LogP contribution is 1.99. The van der Waals surface area contributed by atoms with Gasteiger partial charge in [0.1, 0.15) is 0 Å². The first-order chi connectivity index (χ1) is 5.84. The van der Waals surface area contributed by atoms with Crippen LogP contribution in [0.25, 0.3) is 0 Å². The van der Waals surface area contributed by atoms with Crippen LogP contribution in [0.1, 0.15) is 11.4 Å². The minimum Gasteiger partial charge on any atom is -0.258 e. The molecule has 0 radical (unpaired) electrons. The lowest BCUT2D eigenvalue weighted by atomic mass is 10.2. The predicted molar refractivity (Wildman–Crippen MR) is 43.5 cm³/mol. The van der Waals surface area contributed by atoms with Crippen molar-refractivity contribution in [2.24, 2.45) is 4.99 Å². The predicted octanol–water partition coefficient (Wildman–Crippen LogP) is 0.663. The third-order valence-electron chi connectivity index (χ3n) is 1.51. The van der Waals surface area contributed by atoms with Crippen LogP contribution in [0.5, 0.6) is 0 Å². The van der Waals surface area contributed by atoms with E-state index < -0.39 is 0 Å². The molecular weight excluding hydrogens is 154 g/mol. The van der Waals surface area contributed by atoms with Gasteiger partial charge >= 0.3 is 0 Å². The quantitative estimate of drug-likeness (QED) is 0.486. The summed E-state index contributed by atoms with van der Waals surface area (Å²) in [7, 11) is 0. The largest absolute Gasteiger partial charge is 0.258 e. The van der Waals surface area contributed by atoms with Gasteiger partial charge < -0.3 is 0 Å². The summed E-state index contributed by atoms with van der Waals surface area (Å²) < 4.78 is 0. The Hall–Kier alpha value is -1.54. The second-order valence-electron chi connectivity index (χ2n) is 2.31. The monoisotopic (exact) mass is 163 g/mol. The molecule has 1 rings (SSSR count). The number of hydrogen-bond acceptors (Lipinski definition) is 4. The van der Waals surface area contributed by atoms with E-state index in [1.807, 2.05) is 6.92 Å². The van der Waals surface area contributed by atoms with Gasteiger partial charge in [-0.25, -0.2) is 9.79 Å². The van der Waals surface area contributed by atoms with E-state index in [1.165, 1.54) is 6.08 Å². The number of aliphatic imine (C=N–C) groups is 1. The van der Waals surface area contributed by atoms with E-state index in [0.29, 0.717) is 13.0 Å². The molecule has 0 saturated carbocycles. The van der Waals surface area contributed by atoms with Gasteiger partial charge in [-0.3, -0.25) is 9.97 Å². The van der Waals surface area contributed by atoms with Crippen molar-refractivity contribution in [2.75, 3.05) is 6.54 Å². The molecule has 4 heteroatoms. The molecule has 12 heavy (non-hydrogen) atoms. The van der Waals surface area contributed by atoms with Gasteiger partial charge in [0, 0.05) is 18.8 Å². The van der Waals surface area contributed by atoms with E-state index in [2.05, 4.69) is 15.0 Å². The van der Waals surface area contributed by atoms with Crippen LogP contribution in [0, 0.1) is 6.92 Å². The fraction of sp³-hybridized carbons (Fsp3) is 0.375. The van der Waals surface area contributed by atoms with Crippen LogP contribution < -0.4 is 0 Å². The molecule has 0 saturated heterocycles. The summed E-state index contributed by atoms with van der Waals surface area (Å²) in [6, 6.07) is 0. The Balaban J connectivity index is 2.62. The maximum Gasteiger partial charge on any atom is 0.234 e. The van der Waals surface area contributed by atoms with Crippen LogP contribution in [0.15, 0.2) is 17.4 Å². The Labute approximate surface area is 70.4 Å². The minimum absolute atomic E-state index is 0.434. The standard InChI is InChI=1S/C8H9N3O/c1-7-8(2-3-9-6-12)11-5-4-10-7/h4-5H,2-3H2,1H3. The highest BCUT2D eigenvalue weighted by Gasteiger charge is 1.97. The minimum atomic E-state index is 0.434. The average molecular weight is 163 g/mol. The van der Waals surface area contributed by atoms with Crippen LogP contribution in [0.3, 0.4) is 0 Å². The molecule has 0 bridgehead atoms. The Morgan fingerprint density at radius 2 is 2.25 bits per heavy atom. The van der Waals surface area contributed by atoms with Crippen LogP contribution in [-0.2, 0) is 11.2 Å². The van der Waals surface area contributed by atoms with Crippen LogP contribution in [0.4, 0.5) is 0 Å². The van der Waals surface area contributed by atoms with Gasteiger partial charge in [-0.05, 0) is 6.92 Å². The topological polar surface area (TPSA) is 55.2 Å². The molecule has 0 aliphatic rings. The number of isocyanates is 1. The summed E-state index contributed by atoms with van der Waals surface area (Å²) in [5.74, 6) is 0. The highest BCUT2D eigenvalue weighted by atomic mass is 16.1. The van der Waals surface area contributed by atoms with E-state index >= 15 is 0 Å². The molecule has 0 spiro atoms. The first-order valence-corrected chi connectivity index (χ1v) is 3.64. The van der Waals surface area contributed by atoms with Gasteiger partial charge in [-0.1, -0.05) is 0 Å². The molecule has 0 aliphatic carbocycles.